The van der Waals surface area contributed by atoms with Crippen LogP contribution in [0.5, 0.6) is 11.5 Å². The van der Waals surface area contributed by atoms with Crippen LogP contribution in [-0.2, 0) is 0 Å². The number of rotatable bonds is 6. The molecule has 3 heteroatoms. The van der Waals surface area contributed by atoms with E-state index in [-0.39, 0.29) is 0 Å². The zero-order valence-corrected chi connectivity index (χ0v) is 12.7. The Morgan fingerprint density at radius 3 is 2.60 bits per heavy atom. The molecule has 0 aromatic heterocycles. The molecule has 0 aliphatic heterocycles. The fraction of sp³-hybridized carbons (Fsp3) is 0.294. The van der Waals surface area contributed by atoms with E-state index in [1.165, 1.54) is 11.1 Å². The smallest absolute Gasteiger partial charge is 0.129 e. The van der Waals surface area contributed by atoms with Crippen molar-refractivity contribution in [2.75, 3.05) is 12.4 Å². The fourth-order valence-corrected chi connectivity index (χ4v) is 2.69. The minimum atomic E-state index is 0.354. The molecule has 0 atom stereocenters. The van der Waals surface area contributed by atoms with Crippen LogP contribution in [-0.4, -0.2) is 17.5 Å². The number of aromatic hydroxyl groups is 1. The number of hydrogen-bond acceptors (Lipinski definition) is 3. The first-order chi connectivity index (χ1) is 9.66. The molecule has 2 aromatic rings. The van der Waals surface area contributed by atoms with Gasteiger partial charge in [-0.25, -0.2) is 0 Å². The molecule has 2 nitrogen and oxygen atoms in total. The van der Waals surface area contributed by atoms with Gasteiger partial charge in [-0.15, -0.1) is 11.8 Å². The van der Waals surface area contributed by atoms with Crippen LogP contribution in [0, 0.1) is 13.8 Å². The van der Waals surface area contributed by atoms with Gasteiger partial charge in [0.15, 0.2) is 0 Å². The summed E-state index contributed by atoms with van der Waals surface area (Å²) in [6.07, 6.45) is 0.950. The maximum absolute atomic E-state index is 9.65. The number of phenolic OH excluding ortho intramolecular Hbond substituents is 1. The Bertz CT molecular complexity index is 567. The lowest BCUT2D eigenvalue weighted by Gasteiger charge is -2.08. The first-order valence-corrected chi connectivity index (χ1v) is 7.76. The summed E-state index contributed by atoms with van der Waals surface area (Å²) in [6, 6.07) is 13.6. The van der Waals surface area contributed by atoms with E-state index in [9.17, 15) is 5.11 Å². The molecule has 0 saturated heterocycles. The normalized spacial score (nSPS) is 10.5. The lowest BCUT2D eigenvalue weighted by Crippen LogP contribution is -1.99. The highest BCUT2D eigenvalue weighted by Crippen LogP contribution is 2.28. The number of benzene rings is 2. The number of ether oxygens (including phenoxy) is 1. The first kappa shape index (κ1) is 14.8. The van der Waals surface area contributed by atoms with Crippen LogP contribution in [0.1, 0.15) is 17.5 Å². The second kappa shape index (κ2) is 7.25. The Morgan fingerprint density at radius 1 is 1.05 bits per heavy atom. The zero-order chi connectivity index (χ0) is 14.4. The third-order valence-electron chi connectivity index (χ3n) is 3.16. The summed E-state index contributed by atoms with van der Waals surface area (Å²) in [6.45, 7) is 4.89. The molecule has 106 valence electrons. The predicted molar refractivity (Wildman–Crippen MR) is 84.9 cm³/mol. The molecule has 0 heterocycles. The molecule has 0 radical (unpaired) electrons. The maximum atomic E-state index is 9.65. The van der Waals surface area contributed by atoms with Crippen LogP contribution in [0.3, 0.4) is 0 Å². The summed E-state index contributed by atoms with van der Waals surface area (Å²) >= 11 is 1.66. The van der Waals surface area contributed by atoms with Crippen LogP contribution in [0.25, 0.3) is 0 Å². The molecular weight excluding hydrogens is 268 g/mol. The Labute approximate surface area is 124 Å². The predicted octanol–water partition coefficient (Wildman–Crippen LogP) is 4.57. The number of aryl methyl sites for hydroxylation is 2. The molecule has 0 aliphatic rings. The molecular formula is C17H20O2S. The number of phenols is 1. The van der Waals surface area contributed by atoms with Crippen molar-refractivity contribution in [1.82, 2.24) is 0 Å². The SMILES string of the molecule is Cc1ccc(OCCCSc2ccccc2O)cc1C. The van der Waals surface area contributed by atoms with Crippen LogP contribution in [0.2, 0.25) is 0 Å². The number of para-hydroxylation sites is 1. The molecule has 0 aliphatic carbocycles. The summed E-state index contributed by atoms with van der Waals surface area (Å²) < 4.78 is 5.73. The van der Waals surface area contributed by atoms with Crippen molar-refractivity contribution in [3.63, 3.8) is 0 Å². The summed E-state index contributed by atoms with van der Waals surface area (Å²) in [4.78, 5) is 0.929. The molecule has 0 spiro atoms. The van der Waals surface area contributed by atoms with Gasteiger partial charge in [0.2, 0.25) is 0 Å². The molecule has 0 amide bonds. The van der Waals surface area contributed by atoms with Crippen molar-refractivity contribution in [1.29, 1.82) is 0 Å². The molecule has 2 aromatic carbocycles. The third kappa shape index (κ3) is 4.20. The average Bonchev–Trinajstić information content (AvgIpc) is 2.44. The van der Waals surface area contributed by atoms with E-state index < -0.39 is 0 Å². The van der Waals surface area contributed by atoms with Gasteiger partial charge < -0.3 is 9.84 Å². The van der Waals surface area contributed by atoms with Crippen LogP contribution in [0.4, 0.5) is 0 Å². The van der Waals surface area contributed by atoms with E-state index in [0.717, 1.165) is 22.8 Å². The second-order valence-corrected chi connectivity index (χ2v) is 5.90. The van der Waals surface area contributed by atoms with Gasteiger partial charge in [0.05, 0.1) is 6.61 Å². The standard InChI is InChI=1S/C17H20O2S/c1-13-8-9-15(12-14(13)2)19-10-5-11-20-17-7-4-3-6-16(17)18/h3-4,6-9,12,18H,5,10-11H2,1-2H3. The van der Waals surface area contributed by atoms with Crippen molar-refractivity contribution in [2.45, 2.75) is 25.2 Å². The second-order valence-electron chi connectivity index (χ2n) is 4.76. The Kier molecular flexibility index (Phi) is 5.36. The minimum absolute atomic E-state index is 0.354. The topological polar surface area (TPSA) is 29.5 Å². The molecule has 0 bridgehead atoms. The summed E-state index contributed by atoms with van der Waals surface area (Å²) in [5.41, 5.74) is 2.54. The van der Waals surface area contributed by atoms with Crippen molar-refractivity contribution in [2.24, 2.45) is 0 Å². The van der Waals surface area contributed by atoms with E-state index in [1.807, 2.05) is 24.3 Å². The van der Waals surface area contributed by atoms with Gasteiger partial charge in [0.25, 0.3) is 0 Å². The third-order valence-corrected chi connectivity index (χ3v) is 4.31. The summed E-state index contributed by atoms with van der Waals surface area (Å²) in [5.74, 6) is 2.22. The zero-order valence-electron chi connectivity index (χ0n) is 11.9. The molecule has 0 fully saturated rings. The van der Waals surface area contributed by atoms with E-state index in [2.05, 4.69) is 26.0 Å². The molecule has 1 N–H and O–H groups in total. The molecule has 0 saturated carbocycles. The Morgan fingerprint density at radius 2 is 1.85 bits per heavy atom. The van der Waals surface area contributed by atoms with Crippen molar-refractivity contribution >= 4 is 11.8 Å². The van der Waals surface area contributed by atoms with Gasteiger partial charge >= 0.3 is 0 Å². The highest BCUT2D eigenvalue weighted by molar-refractivity contribution is 7.99. The fourth-order valence-electron chi connectivity index (χ4n) is 1.81. The van der Waals surface area contributed by atoms with Crippen molar-refractivity contribution in [3.8, 4) is 11.5 Å². The Balaban J connectivity index is 1.71. The lowest BCUT2D eigenvalue weighted by atomic mass is 10.1. The maximum Gasteiger partial charge on any atom is 0.129 e. The molecule has 0 unspecified atom stereocenters. The van der Waals surface area contributed by atoms with E-state index in [1.54, 1.807) is 17.8 Å². The highest BCUT2D eigenvalue weighted by Gasteiger charge is 2.01. The van der Waals surface area contributed by atoms with E-state index in [0.29, 0.717) is 12.4 Å². The van der Waals surface area contributed by atoms with Gasteiger partial charge in [-0.05, 0) is 55.7 Å². The largest absolute Gasteiger partial charge is 0.507 e. The first-order valence-electron chi connectivity index (χ1n) is 6.77. The van der Waals surface area contributed by atoms with Gasteiger partial charge in [-0.3, -0.25) is 0 Å². The van der Waals surface area contributed by atoms with Crippen molar-refractivity contribution < 1.29 is 9.84 Å². The van der Waals surface area contributed by atoms with Crippen molar-refractivity contribution in [3.05, 3.63) is 53.6 Å². The highest BCUT2D eigenvalue weighted by atomic mass is 32.2. The van der Waals surface area contributed by atoms with Crippen LogP contribution < -0.4 is 4.74 Å². The van der Waals surface area contributed by atoms with Gasteiger partial charge in [-0.1, -0.05) is 18.2 Å². The van der Waals surface area contributed by atoms with Gasteiger partial charge in [-0.2, -0.15) is 0 Å². The van der Waals surface area contributed by atoms with E-state index in [4.69, 9.17) is 4.74 Å². The summed E-state index contributed by atoms with van der Waals surface area (Å²) in [5, 5.41) is 9.65. The summed E-state index contributed by atoms with van der Waals surface area (Å²) in [7, 11) is 0. The van der Waals surface area contributed by atoms with E-state index >= 15 is 0 Å². The minimum Gasteiger partial charge on any atom is -0.507 e. The van der Waals surface area contributed by atoms with Crippen LogP contribution >= 0.6 is 11.8 Å². The molecule has 2 rings (SSSR count). The van der Waals surface area contributed by atoms with Crippen LogP contribution in [0.15, 0.2) is 47.4 Å². The quantitative estimate of drug-likeness (QED) is 0.623. The monoisotopic (exact) mass is 288 g/mol. The van der Waals surface area contributed by atoms with Gasteiger partial charge in [0, 0.05) is 10.6 Å². The number of hydrogen-bond donors (Lipinski definition) is 1. The average molecular weight is 288 g/mol. The Hall–Kier alpha value is -1.61. The lowest BCUT2D eigenvalue weighted by molar-refractivity contribution is 0.318. The number of thioether (sulfide) groups is 1. The van der Waals surface area contributed by atoms with Gasteiger partial charge in [0.1, 0.15) is 11.5 Å². The molecule has 20 heavy (non-hydrogen) atoms.